The lowest BCUT2D eigenvalue weighted by molar-refractivity contribution is 0.100. The topological polar surface area (TPSA) is 122 Å². The smallest absolute Gasteiger partial charge is 0.263 e. The van der Waals surface area contributed by atoms with Gasteiger partial charge in [0.05, 0.1) is 30.4 Å². The summed E-state index contributed by atoms with van der Waals surface area (Å²) < 4.78 is 1.33. The quantitative estimate of drug-likeness (QED) is 0.700. The molecular weight excluding hydrogens is 294 g/mol. The molecule has 3 aromatic heterocycles. The van der Waals surface area contributed by atoms with Gasteiger partial charge in [0.1, 0.15) is 4.83 Å². The minimum absolute atomic E-state index is 0.135. The van der Waals surface area contributed by atoms with Gasteiger partial charge in [0.25, 0.3) is 5.56 Å². The molecular formula is C11H11N7O2S. The SMILES string of the molecule is CCn1nnc(Cn2cnc3scc(C(N)=O)c3c2=O)n1. The Kier molecular flexibility index (Phi) is 3.22. The molecule has 108 valence electrons. The van der Waals surface area contributed by atoms with Crippen LogP contribution >= 0.6 is 11.3 Å². The van der Waals surface area contributed by atoms with Crippen molar-refractivity contribution in [2.45, 2.75) is 20.0 Å². The molecule has 0 atom stereocenters. The molecule has 0 unspecified atom stereocenters. The number of primary amides is 1. The molecule has 0 spiro atoms. The fourth-order valence-electron chi connectivity index (χ4n) is 1.89. The van der Waals surface area contributed by atoms with Gasteiger partial charge in [-0.2, -0.15) is 4.80 Å². The van der Waals surface area contributed by atoms with Gasteiger partial charge in [-0.15, -0.1) is 21.5 Å². The summed E-state index contributed by atoms with van der Waals surface area (Å²) in [6.45, 7) is 2.61. The monoisotopic (exact) mass is 305 g/mol. The van der Waals surface area contributed by atoms with Crippen LogP contribution < -0.4 is 11.3 Å². The molecule has 0 aromatic carbocycles. The zero-order chi connectivity index (χ0) is 15.0. The number of thiophene rings is 1. The van der Waals surface area contributed by atoms with Crippen molar-refractivity contribution in [2.75, 3.05) is 0 Å². The average Bonchev–Trinajstić information content (AvgIpc) is 3.08. The Morgan fingerprint density at radius 2 is 2.29 bits per heavy atom. The number of carbonyl (C=O) groups excluding carboxylic acids is 1. The van der Waals surface area contributed by atoms with E-state index in [2.05, 4.69) is 20.4 Å². The highest BCUT2D eigenvalue weighted by molar-refractivity contribution is 7.17. The first kappa shape index (κ1) is 13.4. The molecule has 3 rings (SSSR count). The van der Waals surface area contributed by atoms with E-state index in [1.165, 1.54) is 32.4 Å². The number of nitrogens with two attached hydrogens (primary N) is 1. The number of aryl methyl sites for hydroxylation is 1. The third-order valence-corrected chi connectivity index (χ3v) is 3.80. The summed E-state index contributed by atoms with van der Waals surface area (Å²) in [6.07, 6.45) is 1.40. The van der Waals surface area contributed by atoms with Crippen molar-refractivity contribution in [3.63, 3.8) is 0 Å². The van der Waals surface area contributed by atoms with Crippen LogP contribution in [0, 0.1) is 0 Å². The second-order valence-corrected chi connectivity index (χ2v) is 5.12. The van der Waals surface area contributed by atoms with E-state index in [4.69, 9.17) is 5.73 Å². The fraction of sp³-hybridized carbons (Fsp3) is 0.273. The summed E-state index contributed by atoms with van der Waals surface area (Å²) in [5, 5.41) is 13.6. The lowest BCUT2D eigenvalue weighted by Crippen LogP contribution is -2.23. The van der Waals surface area contributed by atoms with E-state index in [0.717, 1.165) is 0 Å². The van der Waals surface area contributed by atoms with Crippen molar-refractivity contribution in [1.29, 1.82) is 0 Å². The molecule has 1 amide bonds. The van der Waals surface area contributed by atoms with Gasteiger partial charge < -0.3 is 5.73 Å². The minimum Gasteiger partial charge on any atom is -0.366 e. The van der Waals surface area contributed by atoms with Gasteiger partial charge in [-0.1, -0.05) is 0 Å². The molecule has 21 heavy (non-hydrogen) atoms. The first-order valence-electron chi connectivity index (χ1n) is 6.13. The molecule has 0 aliphatic rings. The molecule has 0 bridgehead atoms. The highest BCUT2D eigenvalue weighted by Crippen LogP contribution is 2.20. The van der Waals surface area contributed by atoms with Gasteiger partial charge in [0, 0.05) is 5.38 Å². The van der Waals surface area contributed by atoms with Crippen molar-refractivity contribution in [2.24, 2.45) is 5.73 Å². The lowest BCUT2D eigenvalue weighted by atomic mass is 10.2. The fourth-order valence-corrected chi connectivity index (χ4v) is 2.77. The van der Waals surface area contributed by atoms with Crippen LogP contribution in [0.15, 0.2) is 16.5 Å². The van der Waals surface area contributed by atoms with E-state index in [1.54, 1.807) is 0 Å². The highest BCUT2D eigenvalue weighted by Gasteiger charge is 2.16. The van der Waals surface area contributed by atoms with Crippen LogP contribution in [0.4, 0.5) is 0 Å². The van der Waals surface area contributed by atoms with E-state index in [1.807, 2.05) is 6.92 Å². The number of aromatic nitrogens is 6. The summed E-state index contributed by atoms with van der Waals surface area (Å²) in [7, 11) is 0. The zero-order valence-electron chi connectivity index (χ0n) is 11.1. The number of hydrogen-bond donors (Lipinski definition) is 1. The predicted molar refractivity (Wildman–Crippen MR) is 75.0 cm³/mol. The van der Waals surface area contributed by atoms with Gasteiger partial charge in [-0.3, -0.25) is 14.2 Å². The first-order valence-corrected chi connectivity index (χ1v) is 7.01. The van der Waals surface area contributed by atoms with Crippen LogP contribution in [0.5, 0.6) is 0 Å². The summed E-state index contributed by atoms with van der Waals surface area (Å²) >= 11 is 1.21. The molecule has 0 aliphatic carbocycles. The van der Waals surface area contributed by atoms with Crippen LogP contribution in [0.25, 0.3) is 10.2 Å². The van der Waals surface area contributed by atoms with Gasteiger partial charge in [-0.05, 0) is 12.1 Å². The Morgan fingerprint density at radius 1 is 1.48 bits per heavy atom. The maximum atomic E-state index is 12.4. The standard InChI is InChI=1S/C11H11N7O2S/c1-2-18-15-7(14-16-18)3-17-5-13-10-8(11(17)20)6(4-21-10)9(12)19/h4-5H,2-3H2,1H3,(H2,12,19). The van der Waals surface area contributed by atoms with Crippen LogP contribution in [0.3, 0.4) is 0 Å². The van der Waals surface area contributed by atoms with Crippen molar-refractivity contribution in [3.8, 4) is 0 Å². The van der Waals surface area contributed by atoms with Crippen molar-refractivity contribution in [1.82, 2.24) is 29.8 Å². The lowest BCUT2D eigenvalue weighted by Gasteiger charge is -2.02. The number of fused-ring (bicyclic) bond motifs is 1. The second kappa shape index (κ2) is 5.05. The molecule has 0 radical (unpaired) electrons. The number of amides is 1. The summed E-state index contributed by atoms with van der Waals surface area (Å²) in [6, 6.07) is 0. The third-order valence-electron chi connectivity index (χ3n) is 2.92. The van der Waals surface area contributed by atoms with E-state index in [0.29, 0.717) is 17.2 Å². The molecule has 0 aliphatic heterocycles. The first-order chi connectivity index (χ1) is 10.1. The maximum absolute atomic E-state index is 12.4. The molecule has 0 saturated carbocycles. The summed E-state index contributed by atoms with van der Waals surface area (Å²) in [5.41, 5.74) is 5.11. The molecule has 2 N–H and O–H groups in total. The van der Waals surface area contributed by atoms with Gasteiger partial charge in [-0.25, -0.2) is 4.98 Å². The van der Waals surface area contributed by atoms with Crippen molar-refractivity contribution >= 4 is 27.5 Å². The maximum Gasteiger partial charge on any atom is 0.263 e. The summed E-state index contributed by atoms with van der Waals surface area (Å²) in [5.74, 6) is -0.246. The van der Waals surface area contributed by atoms with E-state index in [-0.39, 0.29) is 23.1 Å². The normalized spacial score (nSPS) is 11.1. The van der Waals surface area contributed by atoms with Gasteiger partial charge in [0.15, 0.2) is 5.82 Å². The van der Waals surface area contributed by atoms with Crippen LogP contribution in [0.2, 0.25) is 0 Å². The Balaban J connectivity index is 2.07. The third kappa shape index (κ3) is 2.29. The molecule has 0 saturated heterocycles. The van der Waals surface area contributed by atoms with E-state index in [9.17, 15) is 9.59 Å². The van der Waals surface area contributed by atoms with Crippen molar-refractivity contribution < 1.29 is 4.79 Å². The Labute approximate surface area is 122 Å². The molecule has 3 heterocycles. The second-order valence-electron chi connectivity index (χ2n) is 4.27. The number of rotatable bonds is 4. The van der Waals surface area contributed by atoms with Gasteiger partial charge >= 0.3 is 0 Å². The van der Waals surface area contributed by atoms with E-state index < -0.39 is 5.91 Å². The zero-order valence-corrected chi connectivity index (χ0v) is 11.9. The Bertz CT molecular complexity index is 878. The Morgan fingerprint density at radius 3 is 2.95 bits per heavy atom. The number of tetrazole rings is 1. The predicted octanol–water partition coefficient (Wildman–Crippen LogP) is -0.388. The number of hydrogen-bond acceptors (Lipinski definition) is 7. The largest absolute Gasteiger partial charge is 0.366 e. The average molecular weight is 305 g/mol. The van der Waals surface area contributed by atoms with Gasteiger partial charge in [0.2, 0.25) is 5.91 Å². The Hall–Kier alpha value is -2.62. The van der Waals surface area contributed by atoms with Crippen LogP contribution in [0.1, 0.15) is 23.1 Å². The highest BCUT2D eigenvalue weighted by atomic mass is 32.1. The molecule has 0 fully saturated rings. The summed E-state index contributed by atoms with van der Waals surface area (Å²) in [4.78, 5) is 29.9. The molecule has 10 heteroatoms. The minimum atomic E-state index is -0.645. The molecule has 3 aromatic rings. The number of nitrogens with zero attached hydrogens (tertiary/aromatic N) is 6. The van der Waals surface area contributed by atoms with E-state index >= 15 is 0 Å². The molecule has 9 nitrogen and oxygen atoms in total. The van der Waals surface area contributed by atoms with Crippen LogP contribution in [-0.4, -0.2) is 35.7 Å². The van der Waals surface area contributed by atoms with Crippen molar-refractivity contribution in [3.05, 3.63) is 33.4 Å². The number of carbonyl (C=O) groups is 1. The van der Waals surface area contributed by atoms with Crippen LogP contribution in [-0.2, 0) is 13.1 Å².